The summed E-state index contributed by atoms with van der Waals surface area (Å²) < 4.78 is 9.34. The molecule has 0 saturated carbocycles. The van der Waals surface area contributed by atoms with Gasteiger partial charge < -0.3 is 19.2 Å². The molecule has 1 aliphatic heterocycles. The van der Waals surface area contributed by atoms with Crippen LogP contribution in [0.1, 0.15) is 41.2 Å². The molecule has 4 aromatic rings. The lowest BCUT2D eigenvalue weighted by Crippen LogP contribution is -2.32. The largest absolute Gasteiger partial charge is 0.445 e. The predicted molar refractivity (Wildman–Crippen MR) is 122 cm³/mol. The number of fused-ring (bicyclic) bond motifs is 1. The third kappa shape index (κ3) is 3.53. The van der Waals surface area contributed by atoms with E-state index in [0.717, 1.165) is 35.7 Å². The van der Waals surface area contributed by atoms with Gasteiger partial charge in [-0.25, -0.2) is 19.9 Å². The van der Waals surface area contributed by atoms with E-state index in [2.05, 4.69) is 32.3 Å². The molecule has 33 heavy (non-hydrogen) atoms. The summed E-state index contributed by atoms with van der Waals surface area (Å²) in [6.07, 6.45) is 4.18. The molecule has 0 radical (unpaired) electrons. The zero-order chi connectivity index (χ0) is 23.3. The first-order chi connectivity index (χ1) is 15.9. The maximum Gasteiger partial charge on any atom is 0.276 e. The van der Waals surface area contributed by atoms with Crippen molar-refractivity contribution in [2.45, 2.75) is 46.7 Å². The highest BCUT2D eigenvalue weighted by atomic mass is 16.4. The molecule has 0 bridgehead atoms. The van der Waals surface area contributed by atoms with Gasteiger partial charge in [0.2, 0.25) is 0 Å². The van der Waals surface area contributed by atoms with E-state index in [0.29, 0.717) is 41.8 Å². The van der Waals surface area contributed by atoms with Gasteiger partial charge >= 0.3 is 0 Å². The molecule has 1 saturated heterocycles. The van der Waals surface area contributed by atoms with E-state index < -0.39 is 0 Å². The van der Waals surface area contributed by atoms with Crippen LogP contribution in [-0.4, -0.2) is 64.2 Å². The van der Waals surface area contributed by atoms with Crippen molar-refractivity contribution >= 4 is 22.9 Å². The van der Waals surface area contributed by atoms with Crippen LogP contribution < -0.4 is 5.32 Å². The van der Waals surface area contributed by atoms with Crippen molar-refractivity contribution in [1.82, 2.24) is 39.2 Å². The topological polar surface area (TPSA) is 120 Å². The SMILES string of the molecule is CCn1ncc(-c2nc3c(N[C@H]4CCN(C(=O)c5nc(C)oc5C)C4)ncnc3n2C)c1C. The standard InChI is InChI=1S/C22H27N9O2/c1-6-31-12(2)16(9-25-31)20-28-18-19(23-11-24-21(18)29(20)5)27-15-7-8-30(10-15)22(32)17-13(3)33-14(4)26-17/h9,11,15H,6-8,10H2,1-5H3,(H,23,24,27)/t15-/m0/s1. The average Bonchev–Trinajstić information content (AvgIpc) is 3.55. The highest BCUT2D eigenvalue weighted by molar-refractivity contribution is 5.93. The van der Waals surface area contributed by atoms with Crippen LogP contribution in [0.15, 0.2) is 16.9 Å². The average molecular weight is 450 g/mol. The molecule has 0 aliphatic carbocycles. The molecule has 1 amide bonds. The van der Waals surface area contributed by atoms with Crippen molar-refractivity contribution in [3.8, 4) is 11.4 Å². The van der Waals surface area contributed by atoms with Crippen LogP contribution in [0.5, 0.6) is 0 Å². The van der Waals surface area contributed by atoms with E-state index in [1.807, 2.05) is 29.4 Å². The molecule has 1 aliphatic rings. The second-order valence-electron chi connectivity index (χ2n) is 8.37. The number of hydrogen-bond acceptors (Lipinski definition) is 8. The second kappa shape index (κ2) is 7.98. The summed E-state index contributed by atoms with van der Waals surface area (Å²) in [5.41, 5.74) is 3.85. The van der Waals surface area contributed by atoms with E-state index in [-0.39, 0.29) is 11.9 Å². The lowest BCUT2D eigenvalue weighted by molar-refractivity contribution is 0.0784. The van der Waals surface area contributed by atoms with Gasteiger partial charge in [-0.2, -0.15) is 5.10 Å². The summed E-state index contributed by atoms with van der Waals surface area (Å²) in [7, 11) is 1.95. The van der Waals surface area contributed by atoms with Gasteiger partial charge in [-0.05, 0) is 27.2 Å². The van der Waals surface area contributed by atoms with Gasteiger partial charge in [0.05, 0.1) is 11.8 Å². The maximum absolute atomic E-state index is 12.9. The molecule has 5 heterocycles. The Morgan fingerprint density at radius 2 is 2.06 bits per heavy atom. The number of imidazole rings is 1. The number of nitrogens with zero attached hydrogens (tertiary/aromatic N) is 8. The number of amides is 1. The van der Waals surface area contributed by atoms with Crippen molar-refractivity contribution in [1.29, 1.82) is 0 Å². The van der Waals surface area contributed by atoms with Crippen LogP contribution in [0.25, 0.3) is 22.6 Å². The third-order valence-electron chi connectivity index (χ3n) is 6.22. The summed E-state index contributed by atoms with van der Waals surface area (Å²) in [5.74, 6) is 2.40. The second-order valence-corrected chi connectivity index (χ2v) is 8.37. The number of carbonyl (C=O) groups is 1. The van der Waals surface area contributed by atoms with Crippen LogP contribution in [0.4, 0.5) is 5.82 Å². The Kier molecular flexibility index (Phi) is 5.10. The molecule has 1 N–H and O–H groups in total. The lowest BCUT2D eigenvalue weighted by Gasteiger charge is -2.16. The molecular weight excluding hydrogens is 422 g/mol. The molecule has 1 atom stereocenters. The number of hydrogen-bond donors (Lipinski definition) is 1. The smallest absolute Gasteiger partial charge is 0.276 e. The summed E-state index contributed by atoms with van der Waals surface area (Å²) in [6.45, 7) is 9.60. The Labute approximate surface area is 190 Å². The van der Waals surface area contributed by atoms with Crippen molar-refractivity contribution in [2.75, 3.05) is 18.4 Å². The zero-order valence-corrected chi connectivity index (χ0v) is 19.5. The van der Waals surface area contributed by atoms with Crippen LogP contribution >= 0.6 is 0 Å². The number of carbonyl (C=O) groups excluding carboxylic acids is 1. The van der Waals surface area contributed by atoms with Crippen LogP contribution in [0.2, 0.25) is 0 Å². The van der Waals surface area contributed by atoms with Gasteiger partial charge in [-0.15, -0.1) is 0 Å². The van der Waals surface area contributed by atoms with Gasteiger partial charge in [0.25, 0.3) is 5.91 Å². The van der Waals surface area contributed by atoms with Gasteiger partial charge in [0.15, 0.2) is 28.6 Å². The van der Waals surface area contributed by atoms with Gasteiger partial charge in [-0.1, -0.05) is 0 Å². The number of rotatable bonds is 5. The zero-order valence-electron chi connectivity index (χ0n) is 19.5. The molecule has 4 aromatic heterocycles. The first-order valence-electron chi connectivity index (χ1n) is 11.1. The first-order valence-corrected chi connectivity index (χ1v) is 11.1. The van der Waals surface area contributed by atoms with E-state index >= 15 is 0 Å². The minimum absolute atomic E-state index is 0.0513. The normalized spacial score (nSPS) is 16.2. The molecule has 11 nitrogen and oxygen atoms in total. The molecule has 172 valence electrons. The van der Waals surface area contributed by atoms with E-state index in [1.54, 1.807) is 18.7 Å². The summed E-state index contributed by atoms with van der Waals surface area (Å²) in [5, 5.41) is 7.92. The van der Waals surface area contributed by atoms with Crippen molar-refractivity contribution in [3.63, 3.8) is 0 Å². The molecule has 1 fully saturated rings. The van der Waals surface area contributed by atoms with Gasteiger partial charge in [0.1, 0.15) is 17.9 Å². The van der Waals surface area contributed by atoms with Crippen molar-refractivity contribution < 1.29 is 9.21 Å². The van der Waals surface area contributed by atoms with Crippen LogP contribution in [-0.2, 0) is 13.6 Å². The van der Waals surface area contributed by atoms with Crippen LogP contribution in [0.3, 0.4) is 0 Å². The van der Waals surface area contributed by atoms with Crippen molar-refractivity contribution in [2.24, 2.45) is 7.05 Å². The Morgan fingerprint density at radius 1 is 1.24 bits per heavy atom. The monoisotopic (exact) mass is 449 g/mol. The number of anilines is 1. The number of likely N-dealkylation sites (tertiary alicyclic amines) is 1. The highest BCUT2D eigenvalue weighted by Gasteiger charge is 2.30. The molecule has 0 unspecified atom stereocenters. The fourth-order valence-electron chi connectivity index (χ4n) is 4.46. The van der Waals surface area contributed by atoms with E-state index in [9.17, 15) is 4.79 Å². The summed E-state index contributed by atoms with van der Waals surface area (Å²) in [4.78, 5) is 32.7. The molecule has 0 aromatic carbocycles. The molecule has 0 spiro atoms. The fraction of sp³-hybridized carbons (Fsp3) is 0.455. The predicted octanol–water partition coefficient (Wildman–Crippen LogP) is 2.49. The minimum Gasteiger partial charge on any atom is -0.445 e. The van der Waals surface area contributed by atoms with Crippen LogP contribution in [0, 0.1) is 20.8 Å². The maximum atomic E-state index is 12.9. The summed E-state index contributed by atoms with van der Waals surface area (Å²) in [6, 6.07) is 0.0513. The number of aromatic nitrogens is 7. The Bertz CT molecular complexity index is 1350. The van der Waals surface area contributed by atoms with E-state index in [1.165, 1.54) is 6.33 Å². The Balaban J connectivity index is 1.39. The minimum atomic E-state index is -0.106. The first kappa shape index (κ1) is 21.1. The lowest BCUT2D eigenvalue weighted by atomic mass is 10.2. The Morgan fingerprint density at radius 3 is 2.76 bits per heavy atom. The fourth-order valence-corrected chi connectivity index (χ4v) is 4.46. The highest BCUT2D eigenvalue weighted by Crippen LogP contribution is 2.29. The van der Waals surface area contributed by atoms with Gasteiger partial charge in [0, 0.05) is 45.3 Å². The van der Waals surface area contributed by atoms with Gasteiger partial charge in [-0.3, -0.25) is 9.48 Å². The molecule has 5 rings (SSSR count). The molecule has 11 heteroatoms. The quantitative estimate of drug-likeness (QED) is 0.493. The number of nitrogens with one attached hydrogen (secondary N) is 1. The Hall–Kier alpha value is -3.76. The van der Waals surface area contributed by atoms with Crippen molar-refractivity contribution in [3.05, 3.63) is 35.6 Å². The summed E-state index contributed by atoms with van der Waals surface area (Å²) >= 11 is 0. The number of oxazole rings is 1. The third-order valence-corrected chi connectivity index (χ3v) is 6.22. The van der Waals surface area contributed by atoms with E-state index in [4.69, 9.17) is 9.40 Å². The molecular formula is C22H27N9O2. The number of aryl methyl sites for hydroxylation is 4.